The van der Waals surface area contributed by atoms with E-state index in [1.54, 1.807) is 0 Å². The van der Waals surface area contributed by atoms with Crippen LogP contribution >= 0.6 is 12.6 Å². The summed E-state index contributed by atoms with van der Waals surface area (Å²) in [6.07, 6.45) is 22.6. The first-order valence-electron chi connectivity index (χ1n) is 9.49. The summed E-state index contributed by atoms with van der Waals surface area (Å²) >= 11 is 4.74. The molecule has 0 aliphatic rings. The largest absolute Gasteiger partial charge is 0.176 e. The summed E-state index contributed by atoms with van der Waals surface area (Å²) in [5.74, 6) is 0. The van der Waals surface area contributed by atoms with Gasteiger partial charge >= 0.3 is 0 Å². The molecule has 0 fully saturated rings. The lowest BCUT2D eigenvalue weighted by Crippen LogP contribution is -1.98. The Hall–Kier alpha value is 0.350. The van der Waals surface area contributed by atoms with Crippen LogP contribution in [-0.4, -0.2) is 5.25 Å². The Morgan fingerprint density at radius 1 is 0.500 bits per heavy atom. The molecule has 0 N–H and O–H groups in total. The molecule has 0 aliphatic carbocycles. The number of unbranched alkanes of at least 4 members (excludes halogenated alkanes) is 12. The molecule has 0 heterocycles. The predicted molar refractivity (Wildman–Crippen MR) is 98.0 cm³/mol. The zero-order valence-electron chi connectivity index (χ0n) is 14.3. The minimum absolute atomic E-state index is 0.668. The molecule has 1 heteroatoms. The number of thiol groups is 1. The van der Waals surface area contributed by atoms with Crippen molar-refractivity contribution in [2.24, 2.45) is 0 Å². The molecule has 1 atom stereocenters. The van der Waals surface area contributed by atoms with Crippen LogP contribution in [0.4, 0.5) is 0 Å². The smallest absolute Gasteiger partial charge is 0.00168 e. The monoisotopic (exact) mass is 300 g/mol. The second kappa shape index (κ2) is 17.4. The molecular formula is C19H40S. The van der Waals surface area contributed by atoms with Crippen molar-refractivity contribution in [2.75, 3.05) is 0 Å². The summed E-state index contributed by atoms with van der Waals surface area (Å²) in [6, 6.07) is 0. The lowest BCUT2D eigenvalue weighted by molar-refractivity contribution is 0.536. The van der Waals surface area contributed by atoms with Crippen LogP contribution < -0.4 is 0 Å². The van der Waals surface area contributed by atoms with Gasteiger partial charge in [0.05, 0.1) is 0 Å². The van der Waals surface area contributed by atoms with Gasteiger partial charge in [0, 0.05) is 5.25 Å². The van der Waals surface area contributed by atoms with E-state index in [-0.39, 0.29) is 0 Å². The first-order chi connectivity index (χ1) is 9.81. The van der Waals surface area contributed by atoms with Crippen LogP contribution in [0, 0.1) is 0 Å². The van der Waals surface area contributed by atoms with Crippen LogP contribution in [0.25, 0.3) is 0 Å². The van der Waals surface area contributed by atoms with Gasteiger partial charge in [-0.2, -0.15) is 12.6 Å². The van der Waals surface area contributed by atoms with Gasteiger partial charge in [-0.3, -0.25) is 0 Å². The molecule has 0 aromatic rings. The van der Waals surface area contributed by atoms with Crippen LogP contribution in [0.2, 0.25) is 0 Å². The highest BCUT2D eigenvalue weighted by Gasteiger charge is 2.02. The van der Waals surface area contributed by atoms with Gasteiger partial charge in [-0.05, 0) is 12.8 Å². The molecular weight excluding hydrogens is 260 g/mol. The summed E-state index contributed by atoms with van der Waals surface area (Å²) in [7, 11) is 0. The third-order valence-electron chi connectivity index (χ3n) is 4.28. The Bertz CT molecular complexity index is 167. The molecule has 20 heavy (non-hydrogen) atoms. The Morgan fingerprint density at radius 3 is 1.15 bits per heavy atom. The molecule has 0 aliphatic heterocycles. The van der Waals surface area contributed by atoms with Crippen molar-refractivity contribution >= 4 is 12.6 Å². The van der Waals surface area contributed by atoms with Gasteiger partial charge in [-0.1, -0.05) is 104 Å². The number of hydrogen-bond donors (Lipinski definition) is 1. The summed E-state index contributed by atoms with van der Waals surface area (Å²) in [6.45, 7) is 4.57. The first kappa shape index (κ1) is 20.3. The Kier molecular flexibility index (Phi) is 17.7. The molecule has 0 aromatic heterocycles. The minimum atomic E-state index is 0.668. The fourth-order valence-corrected chi connectivity index (χ4v) is 3.18. The lowest BCUT2D eigenvalue weighted by Gasteiger charge is -2.10. The fraction of sp³-hybridized carbons (Fsp3) is 1.00. The van der Waals surface area contributed by atoms with E-state index in [2.05, 4.69) is 13.8 Å². The maximum Gasteiger partial charge on any atom is 0.00168 e. The minimum Gasteiger partial charge on any atom is -0.176 e. The van der Waals surface area contributed by atoms with Gasteiger partial charge in [0.1, 0.15) is 0 Å². The van der Waals surface area contributed by atoms with Crippen LogP contribution in [0.3, 0.4) is 0 Å². The standard InChI is InChI=1S/C19H40S/c1-3-5-7-9-11-12-14-16-18-19(20)17-15-13-10-8-6-4-2/h19-20H,3-18H2,1-2H3. The average molecular weight is 301 g/mol. The van der Waals surface area contributed by atoms with E-state index in [4.69, 9.17) is 12.6 Å². The summed E-state index contributed by atoms with van der Waals surface area (Å²) < 4.78 is 0. The molecule has 0 bridgehead atoms. The third-order valence-corrected chi connectivity index (χ3v) is 4.80. The highest BCUT2D eigenvalue weighted by Crippen LogP contribution is 2.17. The van der Waals surface area contributed by atoms with Crippen molar-refractivity contribution in [3.63, 3.8) is 0 Å². The van der Waals surface area contributed by atoms with Crippen molar-refractivity contribution < 1.29 is 0 Å². The van der Waals surface area contributed by atoms with Crippen molar-refractivity contribution in [3.8, 4) is 0 Å². The van der Waals surface area contributed by atoms with E-state index in [0.717, 1.165) is 0 Å². The molecule has 122 valence electrons. The zero-order valence-corrected chi connectivity index (χ0v) is 15.2. The molecule has 0 rings (SSSR count). The average Bonchev–Trinajstić information content (AvgIpc) is 2.45. The SMILES string of the molecule is CCCCCCCCCCC(S)CCCCCCCC. The van der Waals surface area contributed by atoms with E-state index < -0.39 is 0 Å². The Balaban J connectivity index is 3.10. The van der Waals surface area contributed by atoms with E-state index in [0.29, 0.717) is 5.25 Å². The molecule has 0 amide bonds. The van der Waals surface area contributed by atoms with Gasteiger partial charge in [0.25, 0.3) is 0 Å². The maximum atomic E-state index is 4.74. The van der Waals surface area contributed by atoms with Crippen molar-refractivity contribution in [1.29, 1.82) is 0 Å². The van der Waals surface area contributed by atoms with Gasteiger partial charge in [-0.25, -0.2) is 0 Å². The molecule has 0 nitrogen and oxygen atoms in total. The number of hydrogen-bond acceptors (Lipinski definition) is 1. The Morgan fingerprint density at radius 2 is 0.800 bits per heavy atom. The van der Waals surface area contributed by atoms with Crippen LogP contribution in [0.5, 0.6) is 0 Å². The summed E-state index contributed by atoms with van der Waals surface area (Å²) in [5, 5.41) is 0.668. The predicted octanol–water partition coefficient (Wildman–Crippen LogP) is 7.57. The van der Waals surface area contributed by atoms with Crippen LogP contribution in [0.1, 0.15) is 117 Å². The highest BCUT2D eigenvalue weighted by atomic mass is 32.1. The fourth-order valence-electron chi connectivity index (χ4n) is 2.82. The van der Waals surface area contributed by atoms with Gasteiger partial charge in [0.15, 0.2) is 0 Å². The number of rotatable bonds is 16. The lowest BCUT2D eigenvalue weighted by atomic mass is 10.0. The first-order valence-corrected chi connectivity index (χ1v) is 10.0. The quantitative estimate of drug-likeness (QED) is 0.220. The van der Waals surface area contributed by atoms with Crippen molar-refractivity contribution in [3.05, 3.63) is 0 Å². The topological polar surface area (TPSA) is 0 Å². The van der Waals surface area contributed by atoms with Crippen molar-refractivity contribution in [2.45, 2.75) is 122 Å². The summed E-state index contributed by atoms with van der Waals surface area (Å²) in [5.41, 5.74) is 0. The van der Waals surface area contributed by atoms with Gasteiger partial charge in [-0.15, -0.1) is 0 Å². The third kappa shape index (κ3) is 16.4. The van der Waals surface area contributed by atoms with Gasteiger partial charge in [0.2, 0.25) is 0 Å². The second-order valence-electron chi connectivity index (χ2n) is 6.47. The van der Waals surface area contributed by atoms with E-state index in [1.165, 1.54) is 103 Å². The molecule has 0 spiro atoms. The van der Waals surface area contributed by atoms with Gasteiger partial charge < -0.3 is 0 Å². The molecule has 0 aromatic carbocycles. The normalized spacial score (nSPS) is 12.8. The second-order valence-corrected chi connectivity index (χ2v) is 7.20. The van der Waals surface area contributed by atoms with E-state index in [9.17, 15) is 0 Å². The van der Waals surface area contributed by atoms with E-state index in [1.807, 2.05) is 0 Å². The van der Waals surface area contributed by atoms with Crippen LogP contribution in [0.15, 0.2) is 0 Å². The van der Waals surface area contributed by atoms with Crippen LogP contribution in [-0.2, 0) is 0 Å². The molecule has 1 unspecified atom stereocenters. The molecule has 0 saturated carbocycles. The molecule has 0 saturated heterocycles. The highest BCUT2D eigenvalue weighted by molar-refractivity contribution is 7.80. The zero-order chi connectivity index (χ0) is 14.9. The summed E-state index contributed by atoms with van der Waals surface area (Å²) in [4.78, 5) is 0. The van der Waals surface area contributed by atoms with E-state index >= 15 is 0 Å². The molecule has 0 radical (unpaired) electrons. The van der Waals surface area contributed by atoms with Crippen molar-refractivity contribution in [1.82, 2.24) is 0 Å². The maximum absolute atomic E-state index is 4.74. The Labute approximate surface area is 134 Å².